The molecule has 3 rings (SSSR count). The van der Waals surface area contributed by atoms with E-state index in [9.17, 15) is 9.59 Å². The van der Waals surface area contributed by atoms with Crippen LogP contribution in [-0.2, 0) is 9.53 Å². The van der Waals surface area contributed by atoms with Crippen molar-refractivity contribution in [2.24, 2.45) is 5.92 Å². The normalized spacial score (nSPS) is 28.1. The first-order valence-electron chi connectivity index (χ1n) is 11.2. The summed E-state index contributed by atoms with van der Waals surface area (Å²) in [6.45, 7) is 6.77. The molecule has 2 unspecified atom stereocenters. The van der Waals surface area contributed by atoms with Crippen molar-refractivity contribution >= 4 is 12.1 Å². The number of ether oxygens (including phenoxy) is 1. The van der Waals surface area contributed by atoms with Crippen LogP contribution in [0.5, 0.6) is 0 Å². The third kappa shape index (κ3) is 6.30. The molecule has 0 aromatic rings. The van der Waals surface area contributed by atoms with E-state index in [-0.39, 0.29) is 24.8 Å². The predicted octanol–water partition coefficient (Wildman–Crippen LogP) is 1.76. The molecule has 29 heavy (non-hydrogen) atoms. The lowest BCUT2D eigenvalue weighted by Gasteiger charge is -2.38. The number of likely N-dealkylation sites (tertiary alicyclic amines) is 1. The SMILES string of the molecule is CN1CCC(CCCC2C(N3CCN(CCCC(=O)O)CC3)OC(=O)N2C)CC1. The second-order valence-electron chi connectivity index (χ2n) is 9.01. The van der Waals surface area contributed by atoms with Crippen LogP contribution in [-0.4, -0.2) is 109 Å². The first kappa shape index (κ1) is 22.3. The summed E-state index contributed by atoms with van der Waals surface area (Å²) >= 11 is 0. The molecule has 8 heteroatoms. The number of piperidine rings is 1. The van der Waals surface area contributed by atoms with Crippen LogP contribution in [0, 0.1) is 5.92 Å². The van der Waals surface area contributed by atoms with E-state index in [0.717, 1.165) is 51.5 Å². The van der Waals surface area contributed by atoms with E-state index >= 15 is 0 Å². The monoisotopic (exact) mass is 410 g/mol. The van der Waals surface area contributed by atoms with Gasteiger partial charge in [-0.1, -0.05) is 12.8 Å². The summed E-state index contributed by atoms with van der Waals surface area (Å²) in [7, 11) is 4.06. The maximum atomic E-state index is 12.2. The van der Waals surface area contributed by atoms with Crippen molar-refractivity contribution in [1.29, 1.82) is 0 Å². The molecule has 0 saturated carbocycles. The van der Waals surface area contributed by atoms with Gasteiger partial charge in [-0.05, 0) is 58.3 Å². The number of aliphatic carboxylic acids is 1. The van der Waals surface area contributed by atoms with Gasteiger partial charge in [0.15, 0.2) is 6.23 Å². The molecule has 0 aromatic carbocycles. The van der Waals surface area contributed by atoms with E-state index < -0.39 is 5.97 Å². The molecule has 3 aliphatic heterocycles. The standard InChI is InChI=1S/C21H38N4O4/c1-22-11-8-17(9-12-22)5-3-6-18-20(29-21(28)23(18)2)25-15-13-24(14-16-25)10-4-7-19(26)27/h17-18,20H,3-16H2,1-2H3,(H,26,27). The molecule has 3 heterocycles. The van der Waals surface area contributed by atoms with E-state index in [4.69, 9.17) is 9.84 Å². The van der Waals surface area contributed by atoms with Gasteiger partial charge in [0, 0.05) is 39.6 Å². The van der Waals surface area contributed by atoms with Crippen molar-refractivity contribution in [2.45, 2.75) is 57.2 Å². The molecule has 0 bridgehead atoms. The summed E-state index contributed by atoms with van der Waals surface area (Å²) < 4.78 is 5.74. The topological polar surface area (TPSA) is 76.6 Å². The van der Waals surface area contributed by atoms with E-state index in [1.54, 1.807) is 4.90 Å². The third-order valence-corrected chi connectivity index (χ3v) is 6.92. The zero-order valence-corrected chi connectivity index (χ0v) is 18.1. The third-order valence-electron chi connectivity index (χ3n) is 6.92. The van der Waals surface area contributed by atoms with Gasteiger partial charge in [0.2, 0.25) is 0 Å². The molecule has 166 valence electrons. The van der Waals surface area contributed by atoms with Crippen molar-refractivity contribution in [3.8, 4) is 0 Å². The Kier molecular flexibility index (Phi) is 8.15. The Labute approximate surface area is 174 Å². The van der Waals surface area contributed by atoms with Crippen LogP contribution in [0.4, 0.5) is 4.79 Å². The molecule has 3 aliphatic rings. The van der Waals surface area contributed by atoms with Crippen LogP contribution in [0.25, 0.3) is 0 Å². The quantitative estimate of drug-likeness (QED) is 0.621. The minimum atomic E-state index is -0.729. The number of rotatable bonds is 9. The minimum Gasteiger partial charge on any atom is -0.481 e. The summed E-state index contributed by atoms with van der Waals surface area (Å²) in [5, 5.41) is 8.79. The second kappa shape index (κ2) is 10.6. The van der Waals surface area contributed by atoms with Gasteiger partial charge in [0.05, 0.1) is 6.04 Å². The molecular formula is C21H38N4O4. The molecule has 2 atom stereocenters. The number of carboxylic acids is 1. The molecular weight excluding hydrogens is 372 g/mol. The van der Waals surface area contributed by atoms with Crippen molar-refractivity contribution in [1.82, 2.24) is 19.6 Å². The van der Waals surface area contributed by atoms with Gasteiger partial charge in [-0.15, -0.1) is 0 Å². The van der Waals surface area contributed by atoms with Gasteiger partial charge in [-0.3, -0.25) is 9.69 Å². The van der Waals surface area contributed by atoms with E-state index in [1.807, 2.05) is 7.05 Å². The van der Waals surface area contributed by atoms with Gasteiger partial charge in [0.1, 0.15) is 0 Å². The zero-order valence-electron chi connectivity index (χ0n) is 18.1. The van der Waals surface area contributed by atoms with Crippen LogP contribution in [0.15, 0.2) is 0 Å². The molecule has 8 nitrogen and oxygen atoms in total. The fourth-order valence-corrected chi connectivity index (χ4v) is 4.91. The summed E-state index contributed by atoms with van der Waals surface area (Å²) in [5.74, 6) is 0.0926. The number of carbonyl (C=O) groups excluding carboxylic acids is 1. The minimum absolute atomic E-state index is 0.132. The smallest absolute Gasteiger partial charge is 0.411 e. The van der Waals surface area contributed by atoms with Gasteiger partial charge < -0.3 is 24.5 Å². The molecule has 1 N–H and O–H groups in total. The highest BCUT2D eigenvalue weighted by atomic mass is 16.6. The van der Waals surface area contributed by atoms with E-state index in [0.29, 0.717) is 6.42 Å². The second-order valence-corrected chi connectivity index (χ2v) is 9.01. The van der Waals surface area contributed by atoms with Crippen LogP contribution >= 0.6 is 0 Å². The zero-order chi connectivity index (χ0) is 20.8. The Morgan fingerprint density at radius 3 is 2.38 bits per heavy atom. The molecule has 3 saturated heterocycles. The number of cyclic esters (lactones) is 1. The van der Waals surface area contributed by atoms with Gasteiger partial charge in [0.25, 0.3) is 0 Å². The van der Waals surface area contributed by atoms with Crippen LogP contribution < -0.4 is 0 Å². The Bertz CT molecular complexity index is 545. The lowest BCUT2D eigenvalue weighted by Crippen LogP contribution is -2.54. The number of hydrogen-bond acceptors (Lipinski definition) is 6. The average molecular weight is 411 g/mol. The first-order valence-corrected chi connectivity index (χ1v) is 11.2. The number of nitrogens with zero attached hydrogens (tertiary/aromatic N) is 4. The lowest BCUT2D eigenvalue weighted by atomic mass is 9.90. The molecule has 0 aromatic heterocycles. The first-order chi connectivity index (χ1) is 13.9. The molecule has 1 amide bonds. The van der Waals surface area contributed by atoms with Crippen LogP contribution in [0.2, 0.25) is 0 Å². The van der Waals surface area contributed by atoms with Crippen molar-refractivity contribution < 1.29 is 19.4 Å². The van der Waals surface area contributed by atoms with Crippen molar-refractivity contribution in [2.75, 3.05) is 59.9 Å². The van der Waals surface area contributed by atoms with E-state index in [2.05, 4.69) is 21.7 Å². The highest BCUT2D eigenvalue weighted by molar-refractivity contribution is 5.70. The van der Waals surface area contributed by atoms with Crippen molar-refractivity contribution in [3.05, 3.63) is 0 Å². The van der Waals surface area contributed by atoms with Crippen LogP contribution in [0.1, 0.15) is 44.9 Å². The number of carboxylic acid groups (broad SMARTS) is 1. The summed E-state index contributed by atoms with van der Waals surface area (Å²) in [6, 6.07) is 0.132. The molecule has 3 fully saturated rings. The lowest BCUT2D eigenvalue weighted by molar-refractivity contribution is -0.137. The summed E-state index contributed by atoms with van der Waals surface area (Å²) in [6.07, 6.45) is 6.54. The molecule has 0 aliphatic carbocycles. The fraction of sp³-hybridized carbons (Fsp3) is 0.905. The van der Waals surface area contributed by atoms with Gasteiger partial charge in [-0.25, -0.2) is 4.79 Å². The van der Waals surface area contributed by atoms with Crippen LogP contribution in [0.3, 0.4) is 0 Å². The van der Waals surface area contributed by atoms with Gasteiger partial charge in [-0.2, -0.15) is 0 Å². The number of hydrogen-bond donors (Lipinski definition) is 1. The average Bonchev–Trinajstić information content (AvgIpc) is 2.98. The summed E-state index contributed by atoms with van der Waals surface area (Å²) in [4.78, 5) is 31.7. The Morgan fingerprint density at radius 2 is 1.72 bits per heavy atom. The van der Waals surface area contributed by atoms with E-state index in [1.165, 1.54) is 32.4 Å². The number of amides is 1. The predicted molar refractivity (Wildman–Crippen MR) is 111 cm³/mol. The Balaban J connectivity index is 1.43. The van der Waals surface area contributed by atoms with Gasteiger partial charge >= 0.3 is 12.1 Å². The maximum absolute atomic E-state index is 12.2. The summed E-state index contributed by atoms with van der Waals surface area (Å²) in [5.41, 5.74) is 0. The number of carbonyl (C=O) groups is 2. The Morgan fingerprint density at radius 1 is 1.03 bits per heavy atom. The highest BCUT2D eigenvalue weighted by Crippen LogP contribution is 2.28. The molecule has 0 spiro atoms. The highest BCUT2D eigenvalue weighted by Gasteiger charge is 2.43. The fourth-order valence-electron chi connectivity index (χ4n) is 4.91. The number of likely N-dealkylation sites (N-methyl/N-ethyl adjacent to an activating group) is 1. The largest absolute Gasteiger partial charge is 0.481 e. The maximum Gasteiger partial charge on any atom is 0.411 e. The number of piperazine rings is 1. The molecule has 0 radical (unpaired) electrons. The Hall–Kier alpha value is -1.38. The van der Waals surface area contributed by atoms with Crippen molar-refractivity contribution in [3.63, 3.8) is 0 Å².